The Morgan fingerprint density at radius 3 is 2.69 bits per heavy atom. The van der Waals surface area contributed by atoms with Gasteiger partial charge >= 0.3 is 0 Å². The average Bonchev–Trinajstić information content (AvgIpc) is 2.17. The number of ether oxygens (including phenoxy) is 1. The largest absolute Gasteiger partial charge is 0.409 e. The van der Waals surface area contributed by atoms with Crippen molar-refractivity contribution in [2.75, 3.05) is 33.4 Å². The number of hydrogen-bond acceptors (Lipinski definition) is 4. The van der Waals surface area contributed by atoms with Gasteiger partial charge in [-0.05, 0) is 6.54 Å². The lowest BCUT2D eigenvalue weighted by atomic mass is 10.3. The Kier molecular flexibility index (Phi) is 7.33. The molecule has 0 saturated heterocycles. The van der Waals surface area contributed by atoms with Gasteiger partial charge < -0.3 is 20.6 Å². The van der Waals surface area contributed by atoms with Crippen molar-refractivity contribution >= 4 is 5.84 Å². The van der Waals surface area contributed by atoms with Crippen LogP contribution in [0.3, 0.4) is 0 Å². The molecule has 0 aromatic heterocycles. The van der Waals surface area contributed by atoms with Gasteiger partial charge in [0.25, 0.3) is 0 Å². The Bertz CT molecular complexity index is 150. The summed E-state index contributed by atoms with van der Waals surface area (Å²) < 4.78 is 4.95. The standard InChI is InChI=1S/C8H19N3O2/c1-3-11(6-7-13-2)5-4-8(9)10-12/h12H,3-7H2,1-2H3,(H2,9,10). The van der Waals surface area contributed by atoms with Gasteiger partial charge in [-0.2, -0.15) is 0 Å². The topological polar surface area (TPSA) is 71.1 Å². The molecule has 0 aromatic carbocycles. The SMILES string of the molecule is CCN(CCOC)CCC(N)=NO. The highest BCUT2D eigenvalue weighted by molar-refractivity contribution is 5.79. The number of rotatable bonds is 7. The normalized spacial score (nSPS) is 12.4. The Morgan fingerprint density at radius 2 is 2.23 bits per heavy atom. The van der Waals surface area contributed by atoms with Crippen molar-refractivity contribution in [1.82, 2.24) is 4.90 Å². The summed E-state index contributed by atoms with van der Waals surface area (Å²) in [4.78, 5) is 2.18. The molecule has 0 rings (SSSR count). The highest BCUT2D eigenvalue weighted by Gasteiger charge is 2.02. The van der Waals surface area contributed by atoms with Gasteiger partial charge in [0.05, 0.1) is 6.61 Å². The van der Waals surface area contributed by atoms with E-state index in [0.29, 0.717) is 13.0 Å². The summed E-state index contributed by atoms with van der Waals surface area (Å²) in [6, 6.07) is 0. The lowest BCUT2D eigenvalue weighted by molar-refractivity contribution is 0.152. The van der Waals surface area contributed by atoms with Crippen LogP contribution in [0.4, 0.5) is 0 Å². The Morgan fingerprint density at radius 1 is 1.54 bits per heavy atom. The van der Waals surface area contributed by atoms with Crippen LogP contribution < -0.4 is 5.73 Å². The lowest BCUT2D eigenvalue weighted by Gasteiger charge is -2.18. The van der Waals surface area contributed by atoms with Gasteiger partial charge in [0.2, 0.25) is 0 Å². The fraction of sp³-hybridized carbons (Fsp3) is 0.875. The minimum atomic E-state index is 0.274. The molecule has 13 heavy (non-hydrogen) atoms. The van der Waals surface area contributed by atoms with Crippen molar-refractivity contribution in [3.63, 3.8) is 0 Å². The van der Waals surface area contributed by atoms with Crippen molar-refractivity contribution in [1.29, 1.82) is 0 Å². The molecule has 0 aromatic rings. The number of nitrogens with two attached hydrogens (primary N) is 1. The van der Waals surface area contributed by atoms with Gasteiger partial charge in [0.15, 0.2) is 0 Å². The van der Waals surface area contributed by atoms with Gasteiger partial charge in [0, 0.05) is 26.6 Å². The second-order valence-electron chi connectivity index (χ2n) is 2.77. The number of hydrogen-bond donors (Lipinski definition) is 2. The molecule has 0 fully saturated rings. The third-order valence-electron chi connectivity index (χ3n) is 1.87. The first-order chi connectivity index (χ1) is 6.24. The van der Waals surface area contributed by atoms with E-state index in [1.54, 1.807) is 7.11 Å². The summed E-state index contributed by atoms with van der Waals surface area (Å²) >= 11 is 0. The first kappa shape index (κ1) is 12.2. The van der Waals surface area contributed by atoms with E-state index in [1.165, 1.54) is 0 Å². The first-order valence-corrected chi connectivity index (χ1v) is 4.42. The molecule has 3 N–H and O–H groups in total. The summed E-state index contributed by atoms with van der Waals surface area (Å²) in [6.45, 7) is 5.41. The molecule has 0 radical (unpaired) electrons. The van der Waals surface area contributed by atoms with E-state index in [9.17, 15) is 0 Å². The van der Waals surface area contributed by atoms with Gasteiger partial charge in [-0.15, -0.1) is 0 Å². The van der Waals surface area contributed by atoms with Crippen LogP contribution in [-0.2, 0) is 4.74 Å². The highest BCUT2D eigenvalue weighted by atomic mass is 16.5. The average molecular weight is 189 g/mol. The minimum Gasteiger partial charge on any atom is -0.409 e. The van der Waals surface area contributed by atoms with E-state index in [-0.39, 0.29) is 5.84 Å². The molecule has 0 atom stereocenters. The van der Waals surface area contributed by atoms with Crippen LogP contribution in [0, 0.1) is 0 Å². The molecule has 78 valence electrons. The molecular weight excluding hydrogens is 170 g/mol. The van der Waals surface area contributed by atoms with Crippen LogP contribution in [0.15, 0.2) is 5.16 Å². The summed E-state index contributed by atoms with van der Waals surface area (Å²) in [7, 11) is 1.68. The Hall–Kier alpha value is -0.810. The zero-order valence-corrected chi connectivity index (χ0v) is 8.36. The van der Waals surface area contributed by atoms with E-state index >= 15 is 0 Å². The molecule has 0 saturated carbocycles. The van der Waals surface area contributed by atoms with E-state index < -0.39 is 0 Å². The Balaban J connectivity index is 3.59. The maximum Gasteiger partial charge on any atom is 0.140 e. The molecule has 0 spiro atoms. The van der Waals surface area contributed by atoms with E-state index in [4.69, 9.17) is 15.7 Å². The Labute approximate surface area is 79.2 Å². The molecule has 5 nitrogen and oxygen atoms in total. The zero-order valence-electron chi connectivity index (χ0n) is 8.36. The van der Waals surface area contributed by atoms with Crippen LogP contribution in [0.25, 0.3) is 0 Å². The van der Waals surface area contributed by atoms with Crippen LogP contribution in [0.2, 0.25) is 0 Å². The summed E-state index contributed by atoms with van der Waals surface area (Å²) in [6.07, 6.45) is 0.591. The van der Waals surface area contributed by atoms with Crippen molar-refractivity contribution < 1.29 is 9.94 Å². The molecule has 0 aliphatic heterocycles. The molecule has 0 amide bonds. The fourth-order valence-electron chi connectivity index (χ4n) is 0.971. The first-order valence-electron chi connectivity index (χ1n) is 4.42. The number of likely N-dealkylation sites (N-methyl/N-ethyl adjacent to an activating group) is 1. The summed E-state index contributed by atoms with van der Waals surface area (Å²) in [5.74, 6) is 0.274. The van der Waals surface area contributed by atoms with Gasteiger partial charge in [-0.3, -0.25) is 0 Å². The minimum absolute atomic E-state index is 0.274. The predicted octanol–water partition coefficient (Wildman–Crippen LogP) is 0.0912. The highest BCUT2D eigenvalue weighted by Crippen LogP contribution is 1.91. The van der Waals surface area contributed by atoms with E-state index in [2.05, 4.69) is 17.0 Å². The smallest absolute Gasteiger partial charge is 0.140 e. The third kappa shape index (κ3) is 6.36. The molecular formula is C8H19N3O2. The monoisotopic (exact) mass is 189 g/mol. The molecule has 0 aliphatic rings. The predicted molar refractivity (Wildman–Crippen MR) is 52.0 cm³/mol. The van der Waals surface area contributed by atoms with Gasteiger partial charge in [-0.25, -0.2) is 0 Å². The van der Waals surface area contributed by atoms with Crippen molar-refractivity contribution in [3.05, 3.63) is 0 Å². The van der Waals surface area contributed by atoms with E-state index in [1.807, 2.05) is 0 Å². The second kappa shape index (κ2) is 7.82. The van der Waals surface area contributed by atoms with Crippen LogP contribution >= 0.6 is 0 Å². The maximum atomic E-state index is 8.32. The maximum absolute atomic E-state index is 8.32. The van der Waals surface area contributed by atoms with Crippen molar-refractivity contribution in [2.24, 2.45) is 10.9 Å². The molecule has 5 heteroatoms. The van der Waals surface area contributed by atoms with Crippen LogP contribution in [0.5, 0.6) is 0 Å². The number of nitrogens with zero attached hydrogens (tertiary/aromatic N) is 2. The summed E-state index contributed by atoms with van der Waals surface area (Å²) in [5, 5.41) is 11.2. The van der Waals surface area contributed by atoms with Gasteiger partial charge in [-0.1, -0.05) is 12.1 Å². The summed E-state index contributed by atoms with van der Waals surface area (Å²) in [5.41, 5.74) is 5.35. The second-order valence-corrected chi connectivity index (χ2v) is 2.77. The molecule has 0 heterocycles. The van der Waals surface area contributed by atoms with Gasteiger partial charge in [0.1, 0.15) is 5.84 Å². The molecule has 0 unspecified atom stereocenters. The quantitative estimate of drug-likeness (QED) is 0.258. The van der Waals surface area contributed by atoms with Crippen LogP contribution in [-0.4, -0.2) is 49.3 Å². The van der Waals surface area contributed by atoms with Crippen molar-refractivity contribution in [3.8, 4) is 0 Å². The number of amidine groups is 1. The molecule has 0 aliphatic carbocycles. The zero-order chi connectivity index (χ0) is 10.1. The number of oxime groups is 1. The van der Waals surface area contributed by atoms with E-state index in [0.717, 1.165) is 19.6 Å². The number of methoxy groups -OCH3 is 1. The molecule has 0 bridgehead atoms. The van der Waals surface area contributed by atoms with Crippen LogP contribution in [0.1, 0.15) is 13.3 Å². The van der Waals surface area contributed by atoms with Crippen molar-refractivity contribution in [2.45, 2.75) is 13.3 Å². The third-order valence-corrected chi connectivity index (χ3v) is 1.87. The fourth-order valence-corrected chi connectivity index (χ4v) is 0.971. The lowest BCUT2D eigenvalue weighted by Crippen LogP contribution is -2.30.